The van der Waals surface area contributed by atoms with E-state index in [1.807, 2.05) is 0 Å². The number of carbonyl (C=O) groups is 5. The van der Waals surface area contributed by atoms with Gasteiger partial charge in [-0.3, -0.25) is 19.2 Å². The molecule has 0 aliphatic heterocycles. The van der Waals surface area contributed by atoms with Gasteiger partial charge in [0, 0.05) is 6.42 Å². The Balaban J connectivity index is 2.19. The maximum Gasteiger partial charge on any atom is 0.326 e. The molecular weight excluding hydrogens is 508 g/mol. The third kappa shape index (κ3) is 10.1. The summed E-state index contributed by atoms with van der Waals surface area (Å²) in [5.41, 5.74) is 7.50. The molecule has 0 fully saturated rings. The number of hydrogen-bond acceptors (Lipinski definition) is 7. The van der Waals surface area contributed by atoms with Gasteiger partial charge in [-0.15, -0.1) is 0 Å². The Hall–Kier alpha value is -4.45. The number of carbonyl (C=O) groups excluding carboxylic acids is 3. The van der Waals surface area contributed by atoms with E-state index in [2.05, 4.69) is 16.0 Å². The van der Waals surface area contributed by atoms with Crippen molar-refractivity contribution in [2.75, 3.05) is 0 Å². The average molecular weight is 543 g/mol. The molecule has 39 heavy (non-hydrogen) atoms. The summed E-state index contributed by atoms with van der Waals surface area (Å²) in [5, 5.41) is 35.0. The van der Waals surface area contributed by atoms with E-state index in [0.29, 0.717) is 5.56 Å². The molecule has 0 spiro atoms. The largest absolute Gasteiger partial charge is 0.508 e. The molecule has 2 rings (SSSR count). The van der Waals surface area contributed by atoms with Crippen LogP contribution in [0.15, 0.2) is 54.6 Å². The Morgan fingerprint density at radius 2 is 1.31 bits per heavy atom. The lowest BCUT2D eigenvalue weighted by Gasteiger charge is -2.27. The van der Waals surface area contributed by atoms with Crippen molar-refractivity contribution >= 4 is 29.7 Å². The number of carboxylic acid groups (broad SMARTS) is 2. The number of aliphatic carboxylic acids is 2. The smallest absolute Gasteiger partial charge is 0.326 e. The lowest BCUT2D eigenvalue weighted by atomic mass is 10.00. The van der Waals surface area contributed by atoms with E-state index >= 15 is 0 Å². The van der Waals surface area contributed by atoms with E-state index in [4.69, 9.17) is 10.8 Å². The molecule has 0 heterocycles. The molecule has 2 aromatic carbocycles. The van der Waals surface area contributed by atoms with Gasteiger partial charge in [0.05, 0.1) is 12.5 Å². The number of nitrogens with two attached hydrogens (primary N) is 1. The van der Waals surface area contributed by atoms with Gasteiger partial charge >= 0.3 is 11.9 Å². The number of hydrogen-bond donors (Lipinski definition) is 7. The first kappa shape index (κ1) is 30.8. The van der Waals surface area contributed by atoms with Crippen LogP contribution in [0.5, 0.6) is 5.75 Å². The number of aromatic hydroxyl groups is 1. The molecule has 210 valence electrons. The number of benzene rings is 2. The van der Waals surface area contributed by atoms with Crippen molar-refractivity contribution in [3.63, 3.8) is 0 Å². The fourth-order valence-corrected chi connectivity index (χ4v) is 3.74. The fraction of sp³-hybridized carbons (Fsp3) is 0.370. The van der Waals surface area contributed by atoms with Crippen LogP contribution in [0, 0.1) is 5.92 Å². The zero-order valence-electron chi connectivity index (χ0n) is 21.7. The van der Waals surface area contributed by atoms with Crippen LogP contribution in [0.3, 0.4) is 0 Å². The van der Waals surface area contributed by atoms with Gasteiger partial charge in [0.25, 0.3) is 0 Å². The summed E-state index contributed by atoms with van der Waals surface area (Å²) in [5.74, 6) is -5.57. The summed E-state index contributed by atoms with van der Waals surface area (Å²) in [7, 11) is 0. The minimum Gasteiger partial charge on any atom is -0.508 e. The van der Waals surface area contributed by atoms with Crippen LogP contribution in [-0.2, 0) is 36.8 Å². The molecule has 12 heteroatoms. The first-order valence-electron chi connectivity index (χ1n) is 12.3. The van der Waals surface area contributed by atoms with E-state index < -0.39 is 66.2 Å². The van der Waals surface area contributed by atoms with Gasteiger partial charge in [-0.2, -0.15) is 0 Å². The average Bonchev–Trinajstić information content (AvgIpc) is 2.87. The molecule has 0 bridgehead atoms. The van der Waals surface area contributed by atoms with Crippen molar-refractivity contribution in [1.29, 1.82) is 0 Å². The standard InChI is InChI=1S/C27H34N4O8/c1-15(2)23(26(37)30-21(27(38)39)14-22(33)34)31-25(36)20(13-16-6-4-3-5-7-16)29-24(35)19(28)12-17-8-10-18(32)11-9-17/h3-11,15,19-21,23,32H,12-14,28H2,1-2H3,(H,29,35)(H,30,37)(H,31,36)(H,33,34)(H,38,39). The SMILES string of the molecule is CC(C)C(NC(=O)C(Cc1ccccc1)NC(=O)C(N)Cc1ccc(O)cc1)C(=O)NC(CC(=O)O)C(=O)O. The van der Waals surface area contributed by atoms with Gasteiger partial charge < -0.3 is 37.0 Å². The van der Waals surface area contributed by atoms with Gasteiger partial charge in [0.1, 0.15) is 23.9 Å². The zero-order chi connectivity index (χ0) is 29.1. The molecule has 12 nitrogen and oxygen atoms in total. The van der Waals surface area contributed by atoms with Crippen LogP contribution in [0.4, 0.5) is 0 Å². The van der Waals surface area contributed by atoms with E-state index in [-0.39, 0.29) is 18.6 Å². The van der Waals surface area contributed by atoms with E-state index in [9.17, 15) is 34.2 Å². The fourth-order valence-electron chi connectivity index (χ4n) is 3.74. The molecule has 0 radical (unpaired) electrons. The van der Waals surface area contributed by atoms with Crippen molar-refractivity contribution in [3.05, 3.63) is 65.7 Å². The summed E-state index contributed by atoms with van der Waals surface area (Å²) < 4.78 is 0. The highest BCUT2D eigenvalue weighted by Gasteiger charge is 2.32. The Kier molecular flexibility index (Phi) is 11.4. The molecule has 3 amide bonds. The molecule has 4 unspecified atom stereocenters. The third-order valence-electron chi connectivity index (χ3n) is 5.88. The predicted molar refractivity (Wildman–Crippen MR) is 140 cm³/mol. The monoisotopic (exact) mass is 542 g/mol. The first-order chi connectivity index (χ1) is 18.4. The van der Waals surface area contributed by atoms with Gasteiger partial charge in [-0.05, 0) is 35.6 Å². The maximum absolute atomic E-state index is 13.3. The number of amides is 3. The van der Waals surface area contributed by atoms with Crippen molar-refractivity contribution in [2.24, 2.45) is 11.7 Å². The summed E-state index contributed by atoms with van der Waals surface area (Å²) in [6.45, 7) is 3.24. The summed E-state index contributed by atoms with van der Waals surface area (Å²) in [4.78, 5) is 61.5. The Bertz CT molecular complexity index is 1150. The third-order valence-corrected chi connectivity index (χ3v) is 5.88. The molecule has 0 aliphatic carbocycles. The maximum atomic E-state index is 13.3. The van der Waals surface area contributed by atoms with Crippen LogP contribution >= 0.6 is 0 Å². The Morgan fingerprint density at radius 3 is 1.85 bits per heavy atom. The number of carboxylic acids is 2. The summed E-state index contributed by atoms with van der Waals surface area (Å²) in [6, 6.07) is 9.98. The van der Waals surface area contributed by atoms with Gasteiger partial charge in [0.2, 0.25) is 17.7 Å². The second-order valence-electron chi connectivity index (χ2n) is 9.46. The second-order valence-corrected chi connectivity index (χ2v) is 9.46. The van der Waals surface area contributed by atoms with Crippen molar-refractivity contribution in [2.45, 2.75) is 57.3 Å². The molecular formula is C27H34N4O8. The molecule has 0 saturated carbocycles. The van der Waals surface area contributed by atoms with Crippen LogP contribution in [0.25, 0.3) is 0 Å². The quantitative estimate of drug-likeness (QED) is 0.173. The minimum atomic E-state index is -1.69. The molecule has 4 atom stereocenters. The Labute approximate surface area is 225 Å². The molecule has 2 aromatic rings. The van der Waals surface area contributed by atoms with Crippen molar-refractivity contribution in [3.8, 4) is 5.75 Å². The highest BCUT2D eigenvalue weighted by atomic mass is 16.4. The van der Waals surface area contributed by atoms with Crippen LogP contribution < -0.4 is 21.7 Å². The molecule has 0 saturated heterocycles. The molecule has 0 aromatic heterocycles. The number of rotatable bonds is 14. The van der Waals surface area contributed by atoms with Crippen molar-refractivity contribution < 1.29 is 39.3 Å². The van der Waals surface area contributed by atoms with Gasteiger partial charge in [0.15, 0.2) is 0 Å². The first-order valence-corrected chi connectivity index (χ1v) is 12.3. The highest BCUT2D eigenvalue weighted by molar-refractivity contribution is 5.95. The van der Waals surface area contributed by atoms with Crippen LogP contribution in [0.2, 0.25) is 0 Å². The number of phenols is 1. The van der Waals surface area contributed by atoms with Crippen LogP contribution in [0.1, 0.15) is 31.4 Å². The van der Waals surface area contributed by atoms with Crippen molar-refractivity contribution in [1.82, 2.24) is 16.0 Å². The lowest BCUT2D eigenvalue weighted by Crippen LogP contribution is -2.59. The second kappa shape index (κ2) is 14.5. The van der Waals surface area contributed by atoms with Gasteiger partial charge in [-0.1, -0.05) is 56.3 Å². The highest BCUT2D eigenvalue weighted by Crippen LogP contribution is 2.12. The summed E-state index contributed by atoms with van der Waals surface area (Å²) in [6.07, 6.45) is -0.623. The van der Waals surface area contributed by atoms with Gasteiger partial charge in [-0.25, -0.2) is 4.79 Å². The van der Waals surface area contributed by atoms with E-state index in [1.165, 1.54) is 12.1 Å². The van der Waals surface area contributed by atoms with E-state index in [0.717, 1.165) is 5.56 Å². The summed E-state index contributed by atoms with van der Waals surface area (Å²) >= 11 is 0. The normalized spacial score (nSPS) is 13.9. The topological polar surface area (TPSA) is 208 Å². The lowest BCUT2D eigenvalue weighted by molar-refractivity contribution is -0.147. The number of nitrogens with one attached hydrogen (secondary N) is 3. The van der Waals surface area contributed by atoms with Crippen LogP contribution in [-0.4, -0.2) is 69.1 Å². The van der Waals surface area contributed by atoms with E-state index in [1.54, 1.807) is 56.3 Å². The minimum absolute atomic E-state index is 0.0674. The number of phenolic OH excluding ortho intramolecular Hbond substituents is 1. The predicted octanol–water partition coefficient (Wildman–Crippen LogP) is 0.174. The Morgan fingerprint density at radius 1 is 0.744 bits per heavy atom. The molecule has 0 aliphatic rings. The molecule has 8 N–H and O–H groups in total. The zero-order valence-corrected chi connectivity index (χ0v) is 21.7.